The summed E-state index contributed by atoms with van der Waals surface area (Å²) < 4.78 is 296. The van der Waals surface area contributed by atoms with Gasteiger partial charge < -0.3 is 63.4 Å². The van der Waals surface area contributed by atoms with Crippen molar-refractivity contribution in [3.63, 3.8) is 0 Å². The van der Waals surface area contributed by atoms with Crippen LogP contribution in [-0.4, -0.2) is 241 Å². The van der Waals surface area contributed by atoms with Gasteiger partial charge in [-0.15, -0.1) is 37.9 Å². The first-order chi connectivity index (χ1) is 60.6. The molecule has 6 aromatic carbocycles. The standard InChI is InChI=1S/C19H22N6O6S2.C18H20N6O6S2.C15H22N6O3S.C14H20N6O6S2.3O3S/c1-2-10-20-12-17-23-18(21-13-6-8-15(9-7-13)32(26,27)28)25-19(24-17)22-14-4-3-5-16(11-14)33(29,30)31;1-2-19-11-16-22-17(20-12-6-8-14(9-7-12)31(25,26)27)24-18(23-16)21-13-4-3-5-15(10-13)32(28,29)30;1-4-8-16-10-13-18-14(20-15(19-13)21(2)3)17-11-6-5-7-12(9-11)25(22,23)24;1-2-15-9-12-18-13(16-7-8-27(21,22)23)20-14(19-12)17-10-3-5-11(6-4-10)28(24,25)26;3*1-4(2)3/h3-9,11,20H,2,10,12H2,1H3,(H,26,27,28)(H,29,30,31)(H2,21,22,23,24,25);3-10,19H,2,11H2,1H3,(H,25,26,27)(H,28,29,30)(H2,20,21,22,23,24);5-7,9,16H,4,8,10H2,1-3H3,(H,22,23,24)(H,17,18,19,20);3-6,15H,2,7-9H2,1H3,(H,21,22,23)(H,24,25,26)(H2,16,17,18,19,20);;;. The Morgan fingerprint density at radius 2 is 0.523 bits per heavy atom. The number of nitrogens with zero attached hydrogens (tertiary/aromatic N) is 13. The Bertz CT molecular complexity index is 6630. The summed E-state index contributed by atoms with van der Waals surface area (Å²) in [6, 6.07) is 32.7. The molecular formula is C66H84N24O30S10. The Hall–Kier alpha value is -12.2. The van der Waals surface area contributed by atoms with Gasteiger partial charge in [-0.05, 0) is 166 Å². The summed E-state index contributed by atoms with van der Waals surface area (Å²) in [5.41, 5.74) is 2.46. The van der Waals surface area contributed by atoms with Crippen molar-refractivity contribution >= 4 is 184 Å². The van der Waals surface area contributed by atoms with Crippen LogP contribution >= 0.6 is 0 Å². The molecule has 0 radical (unpaired) electrons. The smallest absolute Gasteiger partial charge is 0.353 e. The van der Waals surface area contributed by atoms with Crippen molar-refractivity contribution in [3.05, 3.63) is 169 Å². The fourth-order valence-corrected chi connectivity index (χ4v) is 12.6. The highest BCUT2D eigenvalue weighted by Crippen LogP contribution is 2.26. The molecule has 10 rings (SSSR count). The molecule has 708 valence electrons. The largest absolute Gasteiger partial charge is 0.425 e. The van der Waals surface area contributed by atoms with E-state index in [9.17, 15) is 68.0 Å². The van der Waals surface area contributed by atoms with E-state index in [1.165, 1.54) is 127 Å². The van der Waals surface area contributed by atoms with Crippen molar-refractivity contribution in [2.45, 2.75) is 96.1 Å². The van der Waals surface area contributed by atoms with Crippen LogP contribution in [0.25, 0.3) is 0 Å². The fourth-order valence-electron chi connectivity index (χ4n) is 9.23. The zero-order chi connectivity index (χ0) is 97.4. The average Bonchev–Trinajstić information content (AvgIpc) is 0.823. The quantitative estimate of drug-likeness (QED) is 0.0196. The second kappa shape index (κ2) is 52.5. The van der Waals surface area contributed by atoms with Crippen LogP contribution < -0.4 is 63.4 Å². The number of rotatable bonds is 37. The molecule has 64 heteroatoms. The number of anilines is 14. The zero-order valence-corrected chi connectivity index (χ0v) is 76.4. The first-order valence-electron chi connectivity index (χ1n) is 36.2. The number of aromatic nitrogens is 12. The van der Waals surface area contributed by atoms with E-state index in [1.807, 2.05) is 34.9 Å². The lowest BCUT2D eigenvalue weighted by Gasteiger charge is -2.14. The third-order valence-electron chi connectivity index (χ3n) is 14.6. The number of hydrogen-bond donors (Lipinski definition) is 18. The summed E-state index contributed by atoms with van der Waals surface area (Å²) in [5.74, 6) is 2.73. The van der Waals surface area contributed by atoms with E-state index in [4.69, 9.17) is 60.6 Å². The van der Waals surface area contributed by atoms with E-state index in [2.05, 4.69) is 125 Å². The Labute approximate surface area is 748 Å². The second-order valence-corrected chi connectivity index (χ2v) is 36.3. The van der Waals surface area contributed by atoms with Crippen LogP contribution in [-0.2, 0) is 129 Å². The monoisotopic (exact) mass is 2010 g/mol. The topological polar surface area (TPSA) is 824 Å². The molecule has 0 amide bonds. The van der Waals surface area contributed by atoms with Crippen LogP contribution in [0.3, 0.4) is 0 Å². The molecule has 0 fully saturated rings. The molecule has 18 N–H and O–H groups in total. The summed E-state index contributed by atoms with van der Waals surface area (Å²) in [5, 5.41) is 32.7. The van der Waals surface area contributed by atoms with Gasteiger partial charge in [0.25, 0.3) is 70.8 Å². The van der Waals surface area contributed by atoms with Gasteiger partial charge in [-0.1, -0.05) is 45.9 Å². The highest BCUT2D eigenvalue weighted by molar-refractivity contribution is 7.87. The SMILES string of the molecule is CCCNCc1nc(Nc2ccc(S(=O)(=O)O)cc2)nc(Nc2cccc(S(=O)(=O)O)c2)n1.CCCNCc1nc(Nc2cccc(S(=O)(=O)O)c2)nc(N(C)C)n1.CCNCc1nc(NCCS(=O)(=O)O)nc(Nc2ccc(S(=O)(=O)O)cc2)n1.CCNCc1nc(Nc2ccc(S(=O)(=O)O)cc2)nc(Nc2cccc(S(=O)(=O)O)c2)n1.O=S(=O)=O.O=S(=O)=O.O=S(=O)=O. The molecule has 0 aliphatic heterocycles. The van der Waals surface area contributed by atoms with E-state index in [1.54, 1.807) is 23.1 Å². The lowest BCUT2D eigenvalue weighted by Crippen LogP contribution is -2.20. The molecule has 0 aliphatic carbocycles. The van der Waals surface area contributed by atoms with Gasteiger partial charge in [-0.2, -0.15) is 119 Å². The molecule has 54 nitrogen and oxygen atoms in total. The van der Waals surface area contributed by atoms with E-state index in [0.717, 1.165) is 25.9 Å². The molecule has 10 aromatic rings. The molecule has 4 aromatic heterocycles. The summed E-state index contributed by atoms with van der Waals surface area (Å²) in [7, 11) is -35.8. The van der Waals surface area contributed by atoms with Gasteiger partial charge in [0.1, 0.15) is 23.3 Å². The molecule has 0 spiro atoms. The Morgan fingerprint density at radius 3 is 0.769 bits per heavy atom. The van der Waals surface area contributed by atoms with Gasteiger partial charge >= 0.3 is 31.8 Å². The normalized spacial score (nSPS) is 11.2. The van der Waals surface area contributed by atoms with Gasteiger partial charge in [-0.25, -0.2) is 0 Å². The van der Waals surface area contributed by atoms with Crippen LogP contribution in [0.5, 0.6) is 0 Å². The Morgan fingerprint density at radius 1 is 0.285 bits per heavy atom. The van der Waals surface area contributed by atoms with Crippen LogP contribution in [0.2, 0.25) is 0 Å². The maximum absolute atomic E-state index is 11.4. The van der Waals surface area contributed by atoms with E-state index in [-0.39, 0.29) is 71.6 Å². The van der Waals surface area contributed by atoms with E-state index in [0.29, 0.717) is 109 Å². The third-order valence-corrected chi connectivity index (χ3v) is 20.5. The molecule has 0 unspecified atom stereocenters. The first kappa shape index (κ1) is 110. The summed E-state index contributed by atoms with van der Waals surface area (Å²) in [6.07, 6.45) is 1.91. The van der Waals surface area contributed by atoms with Gasteiger partial charge in [0.2, 0.25) is 47.6 Å². The zero-order valence-electron chi connectivity index (χ0n) is 68.3. The average molecular weight is 2010 g/mol. The molecule has 0 saturated carbocycles. The lowest BCUT2D eigenvalue weighted by molar-refractivity contribution is 0.481. The van der Waals surface area contributed by atoms with Crippen LogP contribution in [0, 0.1) is 0 Å². The summed E-state index contributed by atoms with van der Waals surface area (Å²) in [4.78, 5) is 51.4. The van der Waals surface area contributed by atoms with Crippen LogP contribution in [0.15, 0.2) is 175 Å². The third kappa shape index (κ3) is 44.7. The lowest BCUT2D eigenvalue weighted by atomic mass is 10.3. The molecule has 130 heavy (non-hydrogen) atoms. The number of nitrogens with one attached hydrogen (secondary N) is 11. The van der Waals surface area contributed by atoms with Gasteiger partial charge in [0.05, 0.1) is 61.3 Å². The summed E-state index contributed by atoms with van der Waals surface area (Å²) in [6.45, 7) is 12.2. The highest BCUT2D eigenvalue weighted by atomic mass is 32.2. The predicted octanol–water partition coefficient (Wildman–Crippen LogP) is 3.00. The predicted molar refractivity (Wildman–Crippen MR) is 464 cm³/mol. The van der Waals surface area contributed by atoms with Crippen molar-refractivity contribution in [2.75, 3.05) is 94.7 Å². The van der Waals surface area contributed by atoms with Crippen LogP contribution in [0.4, 0.5) is 81.7 Å². The first-order valence-corrected chi connectivity index (χ1v) is 49.5. The molecule has 4 heterocycles. The number of benzene rings is 6. The van der Waals surface area contributed by atoms with Crippen molar-refractivity contribution in [1.29, 1.82) is 0 Å². The minimum absolute atomic E-state index is 0.101. The van der Waals surface area contributed by atoms with E-state index < -0.39 is 108 Å². The molecule has 0 saturated heterocycles. The molecule has 0 aliphatic rings. The van der Waals surface area contributed by atoms with Gasteiger partial charge in [0.15, 0.2) is 0 Å². The highest BCUT2D eigenvalue weighted by Gasteiger charge is 2.20. The second-order valence-electron chi connectivity index (χ2n) is 25.0. The Kier molecular flexibility index (Phi) is 44.5. The minimum atomic E-state index is -4.38. The van der Waals surface area contributed by atoms with Crippen molar-refractivity contribution in [2.24, 2.45) is 0 Å². The fraction of sp³-hybridized carbons (Fsp3) is 0.273. The number of hydrogen-bond acceptors (Lipinski definition) is 47. The van der Waals surface area contributed by atoms with Gasteiger partial charge in [0, 0.05) is 54.8 Å². The summed E-state index contributed by atoms with van der Waals surface area (Å²) >= 11 is 0. The molecular weight excluding hydrogens is 1930 g/mol. The molecule has 0 bridgehead atoms. The minimum Gasteiger partial charge on any atom is -0.353 e. The van der Waals surface area contributed by atoms with Gasteiger partial charge in [-0.3, -0.25) is 31.9 Å². The maximum Gasteiger partial charge on any atom is 0.425 e. The maximum atomic E-state index is 11.4. The molecule has 0 atom stereocenters. The Balaban J connectivity index is 0.000000349. The van der Waals surface area contributed by atoms with Crippen molar-refractivity contribution < 1.29 is 129 Å². The van der Waals surface area contributed by atoms with Crippen molar-refractivity contribution in [3.8, 4) is 0 Å². The van der Waals surface area contributed by atoms with Crippen molar-refractivity contribution in [1.82, 2.24) is 81.1 Å². The van der Waals surface area contributed by atoms with Crippen LogP contribution in [0.1, 0.15) is 63.8 Å². The van der Waals surface area contributed by atoms with E-state index >= 15 is 0 Å².